The summed E-state index contributed by atoms with van der Waals surface area (Å²) in [6, 6.07) is 14.9. The Kier molecular flexibility index (Phi) is 7.64. The monoisotopic (exact) mass is 431 g/mol. The molecule has 1 aliphatic heterocycles. The number of carbonyl (C=O) groups excluding carboxylic acids is 1. The number of nitrogens with zero attached hydrogens (tertiary/aromatic N) is 1. The van der Waals surface area contributed by atoms with Crippen LogP contribution >= 0.6 is 0 Å². The fourth-order valence-electron chi connectivity index (χ4n) is 3.68. The fraction of sp³-hybridized carbons (Fsp3) is 0.435. The average molecular weight is 432 g/mol. The molecule has 0 saturated carbocycles. The third-order valence-corrected chi connectivity index (χ3v) is 7.20. The van der Waals surface area contributed by atoms with Gasteiger partial charge in [0.05, 0.1) is 11.5 Å². The molecule has 1 N–H and O–H groups in total. The minimum atomic E-state index is -3.02. The standard InChI is InChI=1S/C23H29NO5S/c1-2-18-3-5-19(6-4-18)13-24(21-11-12-30(27,28)17-21)14-22(26)16-29-23-9-7-20(15-25)8-10-23/h3-10,15,21-22,26H,2,11-14,16-17H2,1H3. The van der Waals surface area contributed by atoms with Gasteiger partial charge in [0, 0.05) is 24.7 Å². The number of sulfone groups is 1. The predicted molar refractivity (Wildman–Crippen MR) is 117 cm³/mol. The molecule has 0 aromatic heterocycles. The number of hydrogen-bond acceptors (Lipinski definition) is 6. The van der Waals surface area contributed by atoms with Crippen LogP contribution in [0.3, 0.4) is 0 Å². The molecule has 0 spiro atoms. The highest BCUT2D eigenvalue weighted by molar-refractivity contribution is 7.91. The number of carbonyl (C=O) groups is 1. The third kappa shape index (κ3) is 6.39. The van der Waals surface area contributed by atoms with Crippen LogP contribution in [0, 0.1) is 0 Å². The van der Waals surface area contributed by atoms with Crippen molar-refractivity contribution < 1.29 is 23.1 Å². The Morgan fingerprint density at radius 2 is 1.80 bits per heavy atom. The van der Waals surface area contributed by atoms with E-state index in [1.165, 1.54) is 5.56 Å². The molecule has 1 heterocycles. The topological polar surface area (TPSA) is 83.9 Å². The van der Waals surface area contributed by atoms with Crippen LogP contribution in [-0.2, 0) is 22.8 Å². The fourth-order valence-corrected chi connectivity index (χ4v) is 5.44. The van der Waals surface area contributed by atoms with Crippen molar-refractivity contribution in [1.29, 1.82) is 0 Å². The zero-order valence-electron chi connectivity index (χ0n) is 17.2. The van der Waals surface area contributed by atoms with Crippen molar-refractivity contribution >= 4 is 16.1 Å². The van der Waals surface area contributed by atoms with E-state index in [9.17, 15) is 18.3 Å². The summed E-state index contributed by atoms with van der Waals surface area (Å²) >= 11 is 0. The lowest BCUT2D eigenvalue weighted by Gasteiger charge is -2.30. The van der Waals surface area contributed by atoms with Gasteiger partial charge in [0.15, 0.2) is 9.84 Å². The van der Waals surface area contributed by atoms with Crippen molar-refractivity contribution in [2.75, 3.05) is 24.7 Å². The summed E-state index contributed by atoms with van der Waals surface area (Å²) in [6.07, 6.45) is 1.54. The molecule has 1 saturated heterocycles. The molecule has 162 valence electrons. The molecular weight excluding hydrogens is 402 g/mol. The number of aldehydes is 1. The van der Waals surface area contributed by atoms with Gasteiger partial charge in [0.25, 0.3) is 0 Å². The number of aliphatic hydroxyl groups excluding tert-OH is 1. The Labute approximate surface area is 178 Å². The van der Waals surface area contributed by atoms with E-state index >= 15 is 0 Å². The van der Waals surface area contributed by atoms with E-state index in [4.69, 9.17) is 4.74 Å². The van der Waals surface area contributed by atoms with E-state index in [2.05, 4.69) is 36.1 Å². The molecule has 3 rings (SSSR count). The van der Waals surface area contributed by atoms with Crippen LogP contribution in [0.1, 0.15) is 34.8 Å². The summed E-state index contributed by atoms with van der Waals surface area (Å²) in [6.45, 7) is 3.09. The number of ether oxygens (including phenoxy) is 1. The van der Waals surface area contributed by atoms with Crippen molar-refractivity contribution in [3.8, 4) is 5.75 Å². The molecule has 1 aliphatic rings. The first-order valence-corrected chi connectivity index (χ1v) is 12.1. The Morgan fingerprint density at radius 3 is 2.37 bits per heavy atom. The normalized spacial score (nSPS) is 19.0. The number of rotatable bonds is 10. The second-order valence-electron chi connectivity index (χ2n) is 7.81. The van der Waals surface area contributed by atoms with E-state index in [1.807, 2.05) is 0 Å². The summed E-state index contributed by atoms with van der Waals surface area (Å²) in [5, 5.41) is 10.6. The summed E-state index contributed by atoms with van der Waals surface area (Å²) in [5.41, 5.74) is 2.91. The van der Waals surface area contributed by atoms with Gasteiger partial charge < -0.3 is 9.84 Å². The first-order valence-electron chi connectivity index (χ1n) is 10.3. The first-order chi connectivity index (χ1) is 14.4. The maximum atomic E-state index is 12.0. The number of aryl methyl sites for hydroxylation is 1. The average Bonchev–Trinajstić information content (AvgIpc) is 3.12. The van der Waals surface area contributed by atoms with Crippen LogP contribution < -0.4 is 4.74 Å². The number of benzene rings is 2. The van der Waals surface area contributed by atoms with E-state index in [0.29, 0.717) is 30.8 Å². The number of aliphatic hydroxyl groups is 1. The molecule has 0 aliphatic carbocycles. The van der Waals surface area contributed by atoms with Crippen LogP contribution in [0.2, 0.25) is 0 Å². The van der Waals surface area contributed by atoms with E-state index in [-0.39, 0.29) is 24.2 Å². The van der Waals surface area contributed by atoms with Gasteiger partial charge in [-0.3, -0.25) is 9.69 Å². The lowest BCUT2D eigenvalue weighted by molar-refractivity contribution is 0.0524. The van der Waals surface area contributed by atoms with Crippen molar-refractivity contribution in [3.05, 3.63) is 65.2 Å². The van der Waals surface area contributed by atoms with Gasteiger partial charge in [-0.25, -0.2) is 8.42 Å². The maximum Gasteiger partial charge on any atom is 0.151 e. The Hall–Kier alpha value is -2.22. The largest absolute Gasteiger partial charge is 0.491 e. The highest BCUT2D eigenvalue weighted by atomic mass is 32.2. The molecule has 0 amide bonds. The summed E-state index contributed by atoms with van der Waals surface area (Å²) in [5.74, 6) is 0.893. The van der Waals surface area contributed by atoms with Gasteiger partial charge in [0.2, 0.25) is 0 Å². The number of hydrogen-bond donors (Lipinski definition) is 1. The van der Waals surface area contributed by atoms with Gasteiger partial charge in [-0.1, -0.05) is 31.2 Å². The van der Waals surface area contributed by atoms with Gasteiger partial charge >= 0.3 is 0 Å². The molecule has 2 aromatic rings. The minimum Gasteiger partial charge on any atom is -0.491 e. The molecule has 6 nitrogen and oxygen atoms in total. The maximum absolute atomic E-state index is 12.0. The first kappa shape index (κ1) is 22.5. The van der Waals surface area contributed by atoms with Crippen molar-refractivity contribution in [1.82, 2.24) is 4.90 Å². The lowest BCUT2D eigenvalue weighted by Crippen LogP contribution is -2.42. The highest BCUT2D eigenvalue weighted by Gasteiger charge is 2.33. The molecule has 7 heteroatoms. The smallest absolute Gasteiger partial charge is 0.151 e. The molecule has 2 aromatic carbocycles. The molecule has 2 unspecified atom stereocenters. The zero-order chi connectivity index (χ0) is 21.6. The van der Waals surface area contributed by atoms with Gasteiger partial charge in [-0.2, -0.15) is 0 Å². The van der Waals surface area contributed by atoms with Crippen LogP contribution in [0.5, 0.6) is 5.75 Å². The Morgan fingerprint density at radius 1 is 1.13 bits per heavy atom. The quantitative estimate of drug-likeness (QED) is 0.582. The van der Waals surface area contributed by atoms with Gasteiger partial charge in [0.1, 0.15) is 24.7 Å². The van der Waals surface area contributed by atoms with E-state index < -0.39 is 15.9 Å². The van der Waals surface area contributed by atoms with Crippen molar-refractivity contribution in [2.24, 2.45) is 0 Å². The predicted octanol–water partition coefficient (Wildman–Crippen LogP) is 2.49. The van der Waals surface area contributed by atoms with Crippen LogP contribution in [0.15, 0.2) is 48.5 Å². The van der Waals surface area contributed by atoms with Crippen LogP contribution in [0.4, 0.5) is 0 Å². The highest BCUT2D eigenvalue weighted by Crippen LogP contribution is 2.21. The summed E-state index contributed by atoms with van der Waals surface area (Å²) in [7, 11) is -3.02. The second-order valence-corrected chi connectivity index (χ2v) is 10.0. The summed E-state index contributed by atoms with van der Waals surface area (Å²) in [4.78, 5) is 12.8. The Balaban J connectivity index is 1.63. The van der Waals surface area contributed by atoms with Crippen LogP contribution in [0.25, 0.3) is 0 Å². The molecular formula is C23H29NO5S. The van der Waals surface area contributed by atoms with E-state index in [0.717, 1.165) is 18.3 Å². The van der Waals surface area contributed by atoms with Gasteiger partial charge in [-0.15, -0.1) is 0 Å². The van der Waals surface area contributed by atoms with E-state index in [1.54, 1.807) is 24.3 Å². The Bertz CT molecular complexity index is 925. The van der Waals surface area contributed by atoms with Crippen molar-refractivity contribution in [2.45, 2.75) is 38.5 Å². The lowest BCUT2D eigenvalue weighted by atomic mass is 10.1. The van der Waals surface area contributed by atoms with Crippen LogP contribution in [-0.4, -0.2) is 61.5 Å². The second kappa shape index (κ2) is 10.2. The molecule has 0 radical (unpaired) electrons. The zero-order valence-corrected chi connectivity index (χ0v) is 18.1. The summed E-state index contributed by atoms with van der Waals surface area (Å²) < 4.78 is 29.6. The molecule has 0 bridgehead atoms. The third-order valence-electron chi connectivity index (χ3n) is 5.45. The molecule has 1 fully saturated rings. The van der Waals surface area contributed by atoms with Gasteiger partial charge in [-0.05, 0) is 48.2 Å². The SMILES string of the molecule is CCc1ccc(CN(CC(O)COc2ccc(C=O)cc2)C2CCS(=O)(=O)C2)cc1. The minimum absolute atomic E-state index is 0.0885. The molecule has 2 atom stereocenters. The molecule has 30 heavy (non-hydrogen) atoms. The van der Waals surface area contributed by atoms with Crippen molar-refractivity contribution in [3.63, 3.8) is 0 Å².